The van der Waals surface area contributed by atoms with Gasteiger partial charge in [0.15, 0.2) is 0 Å². The van der Waals surface area contributed by atoms with Crippen LogP contribution in [0, 0.1) is 18.2 Å². The number of H-pyrrole nitrogens is 3. The Morgan fingerprint density at radius 3 is 1.90 bits per heavy atom. The number of piperazine rings is 2. The predicted octanol–water partition coefficient (Wildman–Crippen LogP) is 6.56. The molecule has 2 aliphatic heterocycles. The van der Waals surface area contributed by atoms with Crippen LogP contribution >= 0.6 is 0 Å². The van der Waals surface area contributed by atoms with Gasteiger partial charge in [0.25, 0.3) is 5.56 Å². The molecule has 9 rings (SSSR count). The number of rotatable bonds is 6. The Morgan fingerprint density at radius 2 is 1.34 bits per heavy atom. The van der Waals surface area contributed by atoms with Gasteiger partial charge in [-0.25, -0.2) is 23.6 Å². The number of carbonyl (C=O) groups excluding carboxylic acids is 1. The normalized spacial score (nSPS) is 14.4. The number of nitrogens with two attached hydrogens (primary N) is 2. The van der Waals surface area contributed by atoms with E-state index in [1.54, 1.807) is 13.0 Å². The molecule has 3 aromatic heterocycles. The predicted molar refractivity (Wildman–Crippen MR) is 244 cm³/mol. The summed E-state index contributed by atoms with van der Waals surface area (Å²) >= 11 is 0. The highest BCUT2D eigenvalue weighted by atomic mass is 19.1. The number of para-hydroxylation sites is 1. The standard InChI is InChI=1S/C21H21FN6O.C16H22N4O2.C7H5FN2.CH4/c1-27-7-9-28(10-8-27)12-5-6-14-16(11-12)25-20(24-14)18-19(23)17-13(22)3-2-4-15(17)26-21(18)29;1-3-22-16(21)11-15-17-13-5-4-12(10-14(13)18-15)20-8-6-19(2)7-9-20;1-10-7-5(8)3-2-4-6(7)9;/h2-6,11H,7-10H2,1H3,(H,24,25)(H3,23,26,29);4-5,10H,3,6-9,11H2,1-2H3,(H,17,18);2-4H,9H2;1H4. The highest BCUT2D eigenvalue weighted by molar-refractivity contribution is 5.98. The van der Waals surface area contributed by atoms with Crippen LogP contribution in [0.15, 0.2) is 77.6 Å². The number of nitrogens with one attached hydrogen (secondary N) is 3. The van der Waals surface area contributed by atoms with Crippen molar-refractivity contribution in [2.75, 3.05) is 94.3 Å². The maximum absolute atomic E-state index is 14.3. The first-order valence-electron chi connectivity index (χ1n) is 19.9. The van der Waals surface area contributed by atoms with E-state index in [-0.39, 0.29) is 47.8 Å². The Kier molecular flexibility index (Phi) is 14.1. The van der Waals surface area contributed by atoms with Crippen molar-refractivity contribution in [3.8, 4) is 11.4 Å². The molecule has 324 valence electrons. The van der Waals surface area contributed by atoms with Crippen LogP contribution in [0.5, 0.6) is 0 Å². The summed E-state index contributed by atoms with van der Waals surface area (Å²) < 4.78 is 31.8. The van der Waals surface area contributed by atoms with Crippen LogP contribution < -0.4 is 26.8 Å². The molecule has 7 aromatic rings. The minimum Gasteiger partial charge on any atom is -0.466 e. The van der Waals surface area contributed by atoms with Crippen molar-refractivity contribution in [2.45, 2.75) is 20.8 Å². The van der Waals surface area contributed by atoms with Crippen LogP contribution in [0.4, 0.5) is 37.2 Å². The lowest BCUT2D eigenvalue weighted by Gasteiger charge is -2.34. The molecule has 62 heavy (non-hydrogen) atoms. The number of aromatic nitrogens is 5. The van der Waals surface area contributed by atoms with Crippen molar-refractivity contribution >= 4 is 67.4 Å². The number of hydrogen-bond donors (Lipinski definition) is 5. The van der Waals surface area contributed by atoms with Gasteiger partial charge in [-0.1, -0.05) is 25.6 Å². The number of nitrogens with zero attached hydrogens (tertiary/aromatic N) is 7. The number of aromatic amines is 3. The number of hydrogen-bond acceptors (Lipinski definition) is 11. The fourth-order valence-corrected chi connectivity index (χ4v) is 7.34. The molecule has 15 nitrogen and oxygen atoms in total. The summed E-state index contributed by atoms with van der Waals surface area (Å²) in [4.78, 5) is 54.6. The van der Waals surface area contributed by atoms with E-state index in [9.17, 15) is 18.4 Å². The van der Waals surface area contributed by atoms with Gasteiger partial charge in [0.05, 0.1) is 51.8 Å². The number of esters is 1. The molecule has 0 aliphatic carbocycles. The summed E-state index contributed by atoms with van der Waals surface area (Å²) in [6.45, 7) is 16.9. The number of halogens is 2. The molecule has 0 amide bonds. The number of likely N-dealkylation sites (N-methyl/N-ethyl adjacent to an activating group) is 2. The first-order valence-corrected chi connectivity index (χ1v) is 19.9. The van der Waals surface area contributed by atoms with Crippen molar-refractivity contribution in [2.24, 2.45) is 0 Å². The Labute approximate surface area is 358 Å². The third-order valence-electron chi connectivity index (χ3n) is 10.7. The van der Waals surface area contributed by atoms with Gasteiger partial charge in [-0.2, -0.15) is 0 Å². The molecule has 2 fully saturated rings. The van der Waals surface area contributed by atoms with E-state index < -0.39 is 17.2 Å². The van der Waals surface area contributed by atoms with Crippen molar-refractivity contribution in [1.29, 1.82) is 0 Å². The highest BCUT2D eigenvalue weighted by Crippen LogP contribution is 2.31. The Morgan fingerprint density at radius 1 is 0.774 bits per heavy atom. The van der Waals surface area contributed by atoms with Crippen LogP contribution in [0.3, 0.4) is 0 Å². The minimum atomic E-state index is -0.560. The van der Waals surface area contributed by atoms with Gasteiger partial charge in [0.1, 0.15) is 35.3 Å². The third-order valence-corrected chi connectivity index (χ3v) is 10.7. The summed E-state index contributed by atoms with van der Waals surface area (Å²) in [6, 6.07) is 20.9. The summed E-state index contributed by atoms with van der Waals surface area (Å²) in [5.74, 6) is -0.301. The Bertz CT molecular complexity index is 2760. The number of nitrogen functional groups attached to an aromatic ring is 2. The van der Waals surface area contributed by atoms with Crippen LogP contribution in [0.2, 0.25) is 0 Å². The molecule has 0 unspecified atom stereocenters. The molecular formula is C45H52F2N12O3. The van der Waals surface area contributed by atoms with E-state index in [0.717, 1.165) is 80.1 Å². The Hall–Kier alpha value is -7.03. The van der Waals surface area contributed by atoms with E-state index in [1.807, 2.05) is 24.3 Å². The number of anilines is 4. The summed E-state index contributed by atoms with van der Waals surface area (Å²) in [5.41, 5.74) is 17.5. The second kappa shape index (κ2) is 19.6. The zero-order valence-corrected chi connectivity index (χ0v) is 34.3. The van der Waals surface area contributed by atoms with Crippen LogP contribution in [0.1, 0.15) is 20.2 Å². The van der Waals surface area contributed by atoms with Crippen molar-refractivity contribution < 1.29 is 18.3 Å². The van der Waals surface area contributed by atoms with E-state index in [4.69, 9.17) is 22.8 Å². The second-order valence-corrected chi connectivity index (χ2v) is 14.9. The number of ether oxygens (including phenoxy) is 1. The highest BCUT2D eigenvalue weighted by Gasteiger charge is 2.20. The molecule has 17 heteroatoms. The third kappa shape index (κ3) is 9.94. The molecule has 5 heterocycles. The fraction of sp³-hybridized carbons (Fsp3) is 0.311. The molecule has 0 bridgehead atoms. The summed E-state index contributed by atoms with van der Waals surface area (Å²) in [5, 5.41) is 0.195. The van der Waals surface area contributed by atoms with Gasteiger partial charge in [-0.05, 0) is 75.6 Å². The van der Waals surface area contributed by atoms with Crippen molar-refractivity contribution in [3.63, 3.8) is 0 Å². The zero-order valence-electron chi connectivity index (χ0n) is 34.3. The quantitative estimate of drug-likeness (QED) is 0.0694. The number of carbonyl (C=O) groups is 1. The summed E-state index contributed by atoms with van der Waals surface area (Å²) in [6.07, 6.45) is 0.187. The monoisotopic (exact) mass is 846 g/mol. The zero-order chi connectivity index (χ0) is 43.2. The largest absolute Gasteiger partial charge is 0.466 e. The first-order chi connectivity index (χ1) is 29.4. The molecule has 0 spiro atoms. The maximum atomic E-state index is 14.3. The molecular weight excluding hydrogens is 795 g/mol. The van der Waals surface area contributed by atoms with Crippen molar-refractivity contribution in [1.82, 2.24) is 34.7 Å². The van der Waals surface area contributed by atoms with E-state index in [1.165, 1.54) is 36.0 Å². The molecule has 0 radical (unpaired) electrons. The molecule has 2 saturated heterocycles. The number of pyridine rings is 1. The molecule has 0 atom stereocenters. The number of imidazole rings is 2. The molecule has 2 aliphatic rings. The lowest BCUT2D eigenvalue weighted by Crippen LogP contribution is -2.44. The van der Waals surface area contributed by atoms with Gasteiger partial charge in [-0.3, -0.25) is 9.59 Å². The first kappa shape index (κ1) is 44.5. The Balaban J connectivity index is 0.000000172. The molecule has 0 saturated carbocycles. The molecule has 4 aromatic carbocycles. The summed E-state index contributed by atoms with van der Waals surface area (Å²) in [7, 11) is 4.27. The number of fused-ring (bicyclic) bond motifs is 3. The van der Waals surface area contributed by atoms with E-state index in [2.05, 4.69) is 75.6 Å². The van der Waals surface area contributed by atoms with Gasteiger partial charge in [0, 0.05) is 69.4 Å². The van der Waals surface area contributed by atoms with Gasteiger partial charge < -0.3 is 50.8 Å². The van der Waals surface area contributed by atoms with Crippen LogP contribution in [0.25, 0.3) is 49.2 Å². The topological polar surface area (TPSA) is 186 Å². The average molecular weight is 847 g/mol. The fourth-order valence-electron chi connectivity index (χ4n) is 7.34. The van der Waals surface area contributed by atoms with Crippen LogP contribution in [-0.2, 0) is 16.0 Å². The second-order valence-electron chi connectivity index (χ2n) is 14.9. The molecule has 7 N–H and O–H groups in total. The minimum absolute atomic E-state index is 0. The lowest BCUT2D eigenvalue weighted by atomic mass is 10.1. The maximum Gasteiger partial charge on any atom is 0.313 e. The van der Waals surface area contributed by atoms with Gasteiger partial charge in [-0.15, -0.1) is 0 Å². The van der Waals surface area contributed by atoms with Crippen molar-refractivity contribution in [3.05, 3.63) is 112 Å². The average Bonchev–Trinajstić information content (AvgIpc) is 3.85. The van der Waals surface area contributed by atoms with Gasteiger partial charge >= 0.3 is 5.97 Å². The van der Waals surface area contributed by atoms with E-state index in [0.29, 0.717) is 23.8 Å². The van der Waals surface area contributed by atoms with Crippen LogP contribution in [-0.4, -0.2) is 114 Å². The smallest absolute Gasteiger partial charge is 0.313 e. The SMILES string of the molecule is C.CCOC(=O)Cc1nc2ccc(N3CCN(C)CC3)cc2[nH]1.CN1CCN(c2ccc3nc(-c4c(N)c5c(F)cccc5[nH]c4=O)[nH]c3c2)CC1.[C-]#[N+]c1c(N)cccc1F. The lowest BCUT2D eigenvalue weighted by molar-refractivity contribution is -0.142. The van der Waals surface area contributed by atoms with E-state index >= 15 is 0 Å². The van der Waals surface area contributed by atoms with Gasteiger partial charge in [0.2, 0.25) is 5.69 Å². The number of benzene rings is 4.